The Bertz CT molecular complexity index is 830. The van der Waals surface area contributed by atoms with Crippen molar-refractivity contribution in [3.63, 3.8) is 0 Å². The molecule has 0 unspecified atom stereocenters. The molecule has 5 heteroatoms. The highest BCUT2D eigenvalue weighted by molar-refractivity contribution is 5.65. The van der Waals surface area contributed by atoms with Gasteiger partial charge in [0.25, 0.3) is 5.56 Å². The molecule has 0 saturated carbocycles. The quantitative estimate of drug-likeness (QED) is 0.685. The summed E-state index contributed by atoms with van der Waals surface area (Å²) in [6.45, 7) is 4.07. The Kier molecular flexibility index (Phi) is 2.95. The predicted molar refractivity (Wildman–Crippen MR) is 75.0 cm³/mol. The second-order valence-corrected chi connectivity index (χ2v) is 4.41. The van der Waals surface area contributed by atoms with Crippen LogP contribution >= 0.6 is 0 Å². The van der Waals surface area contributed by atoms with Crippen LogP contribution in [0.4, 0.5) is 4.39 Å². The van der Waals surface area contributed by atoms with E-state index in [0.717, 1.165) is 5.56 Å². The lowest BCUT2D eigenvalue weighted by atomic mass is 10.1. The van der Waals surface area contributed by atoms with E-state index >= 15 is 0 Å². The minimum absolute atomic E-state index is 0.131. The van der Waals surface area contributed by atoms with Gasteiger partial charge in [-0.15, -0.1) is 6.58 Å². The van der Waals surface area contributed by atoms with Crippen LogP contribution in [-0.4, -0.2) is 14.2 Å². The van der Waals surface area contributed by atoms with Gasteiger partial charge in [-0.3, -0.25) is 4.79 Å². The lowest BCUT2D eigenvalue weighted by Crippen LogP contribution is -2.20. The maximum Gasteiger partial charge on any atom is 0.276 e. The van der Waals surface area contributed by atoms with Crippen molar-refractivity contribution in [3.05, 3.63) is 71.6 Å². The lowest BCUT2D eigenvalue weighted by molar-refractivity contribution is 0.628. The average molecular weight is 269 g/mol. The van der Waals surface area contributed by atoms with Crippen molar-refractivity contribution in [2.75, 3.05) is 0 Å². The summed E-state index contributed by atoms with van der Waals surface area (Å²) in [6.07, 6.45) is 5.04. The van der Waals surface area contributed by atoms with E-state index in [1.165, 1.54) is 16.6 Å². The molecule has 0 radical (unpaired) electrons. The Labute approximate surface area is 114 Å². The molecule has 0 bridgehead atoms. The van der Waals surface area contributed by atoms with Gasteiger partial charge in [-0.25, -0.2) is 8.91 Å². The number of hydrogen-bond acceptors (Lipinski definition) is 2. The van der Waals surface area contributed by atoms with Gasteiger partial charge >= 0.3 is 0 Å². The molecule has 20 heavy (non-hydrogen) atoms. The molecular weight excluding hydrogens is 257 g/mol. The summed E-state index contributed by atoms with van der Waals surface area (Å²) in [5.41, 5.74) is 1.75. The molecule has 3 rings (SSSR count). The molecule has 2 aromatic heterocycles. The van der Waals surface area contributed by atoms with Crippen LogP contribution in [0.1, 0.15) is 0 Å². The molecule has 0 fully saturated rings. The molecule has 0 aliphatic carbocycles. The summed E-state index contributed by atoms with van der Waals surface area (Å²) in [4.78, 5) is 12.2. The summed E-state index contributed by atoms with van der Waals surface area (Å²) in [6, 6.07) is 7.72. The SMILES string of the molecule is C=CCn1ccn2nc(-c3ccc(F)cc3)cc2c1=O. The molecule has 0 atom stereocenters. The van der Waals surface area contributed by atoms with Crippen molar-refractivity contribution in [1.82, 2.24) is 14.2 Å². The first kappa shape index (κ1) is 12.3. The first-order valence-electron chi connectivity index (χ1n) is 6.15. The number of rotatable bonds is 3. The number of hydrogen-bond donors (Lipinski definition) is 0. The highest BCUT2D eigenvalue weighted by Crippen LogP contribution is 2.18. The number of aromatic nitrogens is 3. The molecule has 1 aromatic carbocycles. The van der Waals surface area contributed by atoms with Crippen molar-refractivity contribution >= 4 is 5.52 Å². The maximum absolute atomic E-state index is 12.9. The van der Waals surface area contributed by atoms with Crippen LogP contribution in [0.5, 0.6) is 0 Å². The van der Waals surface area contributed by atoms with Crippen LogP contribution < -0.4 is 5.56 Å². The Morgan fingerprint density at radius 1 is 1.25 bits per heavy atom. The minimum Gasteiger partial charge on any atom is -0.308 e. The second kappa shape index (κ2) is 4.77. The molecule has 3 aromatic rings. The molecule has 100 valence electrons. The largest absolute Gasteiger partial charge is 0.308 e. The second-order valence-electron chi connectivity index (χ2n) is 4.41. The standard InChI is InChI=1S/C15H12FN3O/c1-2-7-18-8-9-19-14(15(18)20)10-13(17-19)11-3-5-12(16)6-4-11/h2-6,8-10H,1,7H2. The van der Waals surface area contributed by atoms with Gasteiger partial charge in [-0.2, -0.15) is 5.10 Å². The highest BCUT2D eigenvalue weighted by Gasteiger charge is 2.08. The van der Waals surface area contributed by atoms with Gasteiger partial charge in [0.2, 0.25) is 0 Å². The molecular formula is C15H12FN3O. The van der Waals surface area contributed by atoms with Crippen LogP contribution in [-0.2, 0) is 6.54 Å². The van der Waals surface area contributed by atoms with E-state index in [2.05, 4.69) is 11.7 Å². The third kappa shape index (κ3) is 2.03. The van der Waals surface area contributed by atoms with Crippen LogP contribution in [0.15, 0.2) is 60.2 Å². The Morgan fingerprint density at radius 2 is 2.00 bits per heavy atom. The van der Waals surface area contributed by atoms with Crippen molar-refractivity contribution < 1.29 is 4.39 Å². The highest BCUT2D eigenvalue weighted by atomic mass is 19.1. The van der Waals surface area contributed by atoms with Gasteiger partial charge in [0.15, 0.2) is 0 Å². The fourth-order valence-electron chi connectivity index (χ4n) is 2.07. The topological polar surface area (TPSA) is 39.3 Å². The van der Waals surface area contributed by atoms with Crippen molar-refractivity contribution in [1.29, 1.82) is 0 Å². The third-order valence-electron chi connectivity index (χ3n) is 3.07. The maximum atomic E-state index is 12.9. The zero-order chi connectivity index (χ0) is 14.1. The van der Waals surface area contributed by atoms with Crippen LogP contribution in [0.25, 0.3) is 16.8 Å². The number of halogens is 1. The first-order chi connectivity index (χ1) is 9.69. The van der Waals surface area contributed by atoms with E-state index in [1.807, 2.05) is 0 Å². The zero-order valence-electron chi connectivity index (χ0n) is 10.7. The van der Waals surface area contributed by atoms with Crippen LogP contribution in [0.2, 0.25) is 0 Å². The molecule has 4 nitrogen and oxygen atoms in total. The molecule has 0 aliphatic heterocycles. The van der Waals surface area contributed by atoms with Gasteiger partial charge in [0, 0.05) is 24.5 Å². The summed E-state index contributed by atoms with van der Waals surface area (Å²) in [7, 11) is 0. The fraction of sp³-hybridized carbons (Fsp3) is 0.0667. The van der Waals surface area contributed by atoms with Gasteiger partial charge in [-0.1, -0.05) is 6.08 Å². The zero-order valence-corrected chi connectivity index (χ0v) is 10.7. The van der Waals surface area contributed by atoms with Gasteiger partial charge in [0.1, 0.15) is 11.3 Å². The summed E-state index contributed by atoms with van der Waals surface area (Å²) in [5, 5.41) is 4.33. The molecule has 0 N–H and O–H groups in total. The molecule has 0 saturated heterocycles. The fourth-order valence-corrected chi connectivity index (χ4v) is 2.07. The van der Waals surface area contributed by atoms with E-state index in [-0.39, 0.29) is 11.4 Å². The first-order valence-corrected chi connectivity index (χ1v) is 6.15. The van der Waals surface area contributed by atoms with E-state index in [9.17, 15) is 9.18 Å². The summed E-state index contributed by atoms with van der Waals surface area (Å²) < 4.78 is 16.0. The summed E-state index contributed by atoms with van der Waals surface area (Å²) in [5.74, 6) is -0.300. The normalized spacial score (nSPS) is 10.8. The predicted octanol–water partition coefficient (Wildman–Crippen LogP) is 2.49. The third-order valence-corrected chi connectivity index (χ3v) is 3.07. The monoisotopic (exact) mass is 269 g/mol. The lowest BCUT2D eigenvalue weighted by Gasteiger charge is -2.00. The van der Waals surface area contributed by atoms with Gasteiger partial charge < -0.3 is 4.57 Å². The van der Waals surface area contributed by atoms with E-state index in [4.69, 9.17) is 0 Å². The average Bonchev–Trinajstić information content (AvgIpc) is 2.88. The number of fused-ring (bicyclic) bond motifs is 1. The van der Waals surface area contributed by atoms with E-state index in [0.29, 0.717) is 17.8 Å². The van der Waals surface area contributed by atoms with E-state index in [1.54, 1.807) is 41.2 Å². The van der Waals surface area contributed by atoms with Crippen molar-refractivity contribution in [2.45, 2.75) is 6.54 Å². The molecule has 0 spiro atoms. The van der Waals surface area contributed by atoms with Crippen molar-refractivity contribution in [2.24, 2.45) is 0 Å². The number of allylic oxidation sites excluding steroid dienone is 1. The Morgan fingerprint density at radius 3 is 2.70 bits per heavy atom. The van der Waals surface area contributed by atoms with Crippen molar-refractivity contribution in [3.8, 4) is 11.3 Å². The van der Waals surface area contributed by atoms with E-state index < -0.39 is 0 Å². The van der Waals surface area contributed by atoms with Gasteiger partial charge in [-0.05, 0) is 30.3 Å². The Hall–Kier alpha value is -2.69. The molecule has 0 aliphatic rings. The smallest absolute Gasteiger partial charge is 0.276 e. The number of benzene rings is 1. The molecule has 0 amide bonds. The van der Waals surface area contributed by atoms with Gasteiger partial charge in [0.05, 0.1) is 5.69 Å². The number of nitrogens with zero attached hydrogens (tertiary/aromatic N) is 3. The van der Waals surface area contributed by atoms with Crippen LogP contribution in [0.3, 0.4) is 0 Å². The Balaban J connectivity index is 2.15. The molecule has 2 heterocycles. The van der Waals surface area contributed by atoms with Crippen LogP contribution in [0, 0.1) is 5.82 Å². The minimum atomic E-state index is -0.300. The summed E-state index contributed by atoms with van der Waals surface area (Å²) >= 11 is 0.